The van der Waals surface area contributed by atoms with E-state index in [0.717, 1.165) is 5.69 Å². The number of anilines is 1. The first-order valence-corrected chi connectivity index (χ1v) is 4.93. The van der Waals surface area contributed by atoms with Crippen molar-refractivity contribution in [2.24, 2.45) is 0 Å². The zero-order valence-electron chi connectivity index (χ0n) is 9.32. The summed E-state index contributed by atoms with van der Waals surface area (Å²) in [6, 6.07) is 9.35. The van der Waals surface area contributed by atoms with Crippen LogP contribution in [0.3, 0.4) is 0 Å². The molecule has 1 N–H and O–H groups in total. The van der Waals surface area contributed by atoms with Crippen molar-refractivity contribution in [3.63, 3.8) is 0 Å². The van der Waals surface area contributed by atoms with E-state index < -0.39 is 0 Å². The summed E-state index contributed by atoms with van der Waals surface area (Å²) in [5.41, 5.74) is 1.35. The molecule has 1 atom stereocenters. The van der Waals surface area contributed by atoms with E-state index in [2.05, 4.69) is 11.4 Å². The van der Waals surface area contributed by atoms with Crippen molar-refractivity contribution in [1.82, 2.24) is 0 Å². The highest BCUT2D eigenvalue weighted by Crippen LogP contribution is 2.26. The highest BCUT2D eigenvalue weighted by molar-refractivity contribution is 5.59. The van der Waals surface area contributed by atoms with Gasteiger partial charge in [-0.05, 0) is 19.1 Å². The minimum Gasteiger partial charge on any atom is -0.495 e. The molecule has 0 bridgehead atoms. The normalized spacial score (nSPS) is 11.0. The van der Waals surface area contributed by atoms with Gasteiger partial charge in [-0.2, -0.15) is 10.5 Å². The minimum atomic E-state index is 0.0480. The van der Waals surface area contributed by atoms with Crippen LogP contribution in [-0.2, 0) is 0 Å². The van der Waals surface area contributed by atoms with Crippen LogP contribution in [0.1, 0.15) is 18.9 Å². The number of nitrogens with one attached hydrogen (secondary N) is 1. The second kappa shape index (κ2) is 5.63. The molecule has 1 unspecified atom stereocenters. The largest absolute Gasteiger partial charge is 0.495 e. The molecular weight excluding hydrogens is 202 g/mol. The highest BCUT2D eigenvalue weighted by Gasteiger charge is 2.07. The summed E-state index contributed by atoms with van der Waals surface area (Å²) < 4.78 is 5.17. The van der Waals surface area contributed by atoms with Crippen LogP contribution in [0.4, 0.5) is 5.69 Å². The third-order valence-electron chi connectivity index (χ3n) is 2.13. The van der Waals surface area contributed by atoms with Crippen molar-refractivity contribution < 1.29 is 4.74 Å². The van der Waals surface area contributed by atoms with Gasteiger partial charge in [0.25, 0.3) is 0 Å². The first kappa shape index (κ1) is 11.9. The summed E-state index contributed by atoms with van der Waals surface area (Å²) >= 11 is 0. The molecule has 82 valence electrons. The van der Waals surface area contributed by atoms with Gasteiger partial charge in [-0.1, -0.05) is 0 Å². The van der Waals surface area contributed by atoms with Gasteiger partial charge in [0.05, 0.1) is 36.9 Å². The second-order valence-electron chi connectivity index (χ2n) is 3.43. The summed E-state index contributed by atoms with van der Waals surface area (Å²) in [6.07, 6.45) is 0.420. The Morgan fingerprint density at radius 2 is 2.19 bits per heavy atom. The van der Waals surface area contributed by atoms with E-state index in [0.29, 0.717) is 17.7 Å². The van der Waals surface area contributed by atoms with Crippen molar-refractivity contribution in [2.45, 2.75) is 19.4 Å². The Labute approximate surface area is 95.1 Å². The van der Waals surface area contributed by atoms with Crippen LogP contribution in [0.15, 0.2) is 18.2 Å². The van der Waals surface area contributed by atoms with Crippen LogP contribution >= 0.6 is 0 Å². The van der Waals surface area contributed by atoms with Gasteiger partial charge in [0.1, 0.15) is 5.75 Å². The molecule has 0 aliphatic rings. The maximum Gasteiger partial charge on any atom is 0.143 e. The number of benzene rings is 1. The van der Waals surface area contributed by atoms with E-state index in [9.17, 15) is 0 Å². The number of hydrogen-bond acceptors (Lipinski definition) is 4. The fourth-order valence-electron chi connectivity index (χ4n) is 1.33. The molecule has 0 aromatic heterocycles. The Morgan fingerprint density at radius 1 is 1.44 bits per heavy atom. The molecule has 1 aromatic rings. The average Bonchev–Trinajstić information content (AvgIpc) is 2.30. The molecule has 4 heteroatoms. The van der Waals surface area contributed by atoms with Gasteiger partial charge in [0.2, 0.25) is 0 Å². The fourth-order valence-corrected chi connectivity index (χ4v) is 1.33. The van der Waals surface area contributed by atoms with E-state index in [-0.39, 0.29) is 6.04 Å². The topological polar surface area (TPSA) is 68.8 Å². The predicted molar refractivity (Wildman–Crippen MR) is 61.0 cm³/mol. The fraction of sp³-hybridized carbons (Fsp3) is 0.333. The zero-order valence-corrected chi connectivity index (χ0v) is 9.32. The third-order valence-corrected chi connectivity index (χ3v) is 2.13. The number of rotatable bonds is 4. The van der Waals surface area contributed by atoms with Crippen LogP contribution < -0.4 is 10.1 Å². The first-order valence-electron chi connectivity index (χ1n) is 4.93. The number of nitrogens with zero attached hydrogens (tertiary/aromatic N) is 2. The second-order valence-corrected chi connectivity index (χ2v) is 3.43. The van der Waals surface area contributed by atoms with Gasteiger partial charge in [0, 0.05) is 12.1 Å². The first-order chi connectivity index (χ1) is 7.71. The molecule has 1 rings (SSSR count). The molecular formula is C12H13N3O. The number of nitriles is 2. The Balaban J connectivity index is 2.89. The van der Waals surface area contributed by atoms with Gasteiger partial charge in [-0.25, -0.2) is 0 Å². The molecule has 0 spiro atoms. The van der Waals surface area contributed by atoms with Crippen LogP contribution in [0.5, 0.6) is 5.75 Å². The lowest BCUT2D eigenvalue weighted by atomic mass is 10.1. The maximum atomic E-state index is 8.75. The van der Waals surface area contributed by atoms with Crippen LogP contribution in [0, 0.1) is 22.7 Å². The van der Waals surface area contributed by atoms with Gasteiger partial charge < -0.3 is 10.1 Å². The average molecular weight is 215 g/mol. The van der Waals surface area contributed by atoms with Gasteiger partial charge in [-0.15, -0.1) is 0 Å². The number of methoxy groups -OCH3 is 1. The van der Waals surface area contributed by atoms with Gasteiger partial charge in [-0.3, -0.25) is 0 Å². The lowest BCUT2D eigenvalue weighted by Crippen LogP contribution is -2.14. The minimum absolute atomic E-state index is 0.0480. The Kier molecular flexibility index (Phi) is 4.17. The summed E-state index contributed by atoms with van der Waals surface area (Å²) in [7, 11) is 1.55. The van der Waals surface area contributed by atoms with E-state index >= 15 is 0 Å². The molecule has 0 fully saturated rings. The molecule has 16 heavy (non-hydrogen) atoms. The molecule has 0 saturated heterocycles. The maximum absolute atomic E-state index is 8.75. The van der Waals surface area contributed by atoms with Crippen molar-refractivity contribution in [2.75, 3.05) is 12.4 Å². The SMILES string of the molecule is COc1cc(C#N)ccc1NC(C)CC#N. The smallest absolute Gasteiger partial charge is 0.143 e. The van der Waals surface area contributed by atoms with Crippen molar-refractivity contribution in [3.8, 4) is 17.9 Å². The summed E-state index contributed by atoms with van der Waals surface area (Å²) in [4.78, 5) is 0. The van der Waals surface area contributed by atoms with Crippen LogP contribution in [0.25, 0.3) is 0 Å². The lowest BCUT2D eigenvalue weighted by Gasteiger charge is -2.15. The van der Waals surface area contributed by atoms with E-state index in [1.54, 1.807) is 25.3 Å². The van der Waals surface area contributed by atoms with E-state index in [4.69, 9.17) is 15.3 Å². The van der Waals surface area contributed by atoms with E-state index in [1.807, 2.05) is 13.0 Å². The monoisotopic (exact) mass is 215 g/mol. The summed E-state index contributed by atoms with van der Waals surface area (Å²) in [5.74, 6) is 0.615. The Hall–Kier alpha value is -2.20. The predicted octanol–water partition coefficient (Wildman–Crippen LogP) is 2.28. The zero-order chi connectivity index (χ0) is 12.0. The molecule has 0 saturated carbocycles. The van der Waals surface area contributed by atoms with Gasteiger partial charge >= 0.3 is 0 Å². The third kappa shape index (κ3) is 2.90. The van der Waals surface area contributed by atoms with Crippen LogP contribution in [-0.4, -0.2) is 13.2 Å². The molecule has 0 radical (unpaired) electrons. The molecule has 0 amide bonds. The molecule has 0 aliphatic heterocycles. The number of hydrogen-bond donors (Lipinski definition) is 1. The Bertz CT molecular complexity index is 443. The van der Waals surface area contributed by atoms with Crippen molar-refractivity contribution >= 4 is 5.69 Å². The van der Waals surface area contributed by atoms with Crippen molar-refractivity contribution in [3.05, 3.63) is 23.8 Å². The molecule has 4 nitrogen and oxygen atoms in total. The molecule has 0 heterocycles. The van der Waals surface area contributed by atoms with E-state index in [1.165, 1.54) is 0 Å². The Morgan fingerprint density at radius 3 is 2.75 bits per heavy atom. The number of ether oxygens (including phenoxy) is 1. The highest BCUT2D eigenvalue weighted by atomic mass is 16.5. The summed E-state index contributed by atoms with van der Waals surface area (Å²) in [5, 5.41) is 20.5. The van der Waals surface area contributed by atoms with Crippen LogP contribution in [0.2, 0.25) is 0 Å². The van der Waals surface area contributed by atoms with Crippen molar-refractivity contribution in [1.29, 1.82) is 10.5 Å². The lowest BCUT2D eigenvalue weighted by molar-refractivity contribution is 0.416. The molecule has 0 aliphatic carbocycles. The quantitative estimate of drug-likeness (QED) is 0.836. The van der Waals surface area contributed by atoms with Gasteiger partial charge in [0.15, 0.2) is 0 Å². The summed E-state index contributed by atoms with van der Waals surface area (Å²) in [6.45, 7) is 1.92. The standard InChI is InChI=1S/C12H13N3O/c1-9(5-6-13)15-11-4-3-10(8-14)7-12(11)16-2/h3-4,7,9,15H,5H2,1-2H3. The molecule has 1 aromatic carbocycles.